The van der Waals surface area contributed by atoms with Crippen LogP contribution in [-0.4, -0.2) is 37.0 Å². The molecule has 0 saturated carbocycles. The topological polar surface area (TPSA) is 69.6 Å². The van der Waals surface area contributed by atoms with Gasteiger partial charge in [-0.25, -0.2) is 9.80 Å². The molecule has 35 heavy (non-hydrogen) atoms. The monoisotopic (exact) mass is 472 g/mol. The first kappa shape index (κ1) is 22.8. The number of methoxy groups -OCH3 is 1. The number of carbonyl (C=O) groups is 1. The van der Waals surface area contributed by atoms with Crippen molar-refractivity contribution in [3.05, 3.63) is 89.0 Å². The summed E-state index contributed by atoms with van der Waals surface area (Å²) in [6, 6.07) is 21.3. The second-order valence-electron chi connectivity index (χ2n) is 8.30. The summed E-state index contributed by atoms with van der Waals surface area (Å²) in [4.78, 5) is 11.9. The lowest BCUT2D eigenvalue weighted by atomic mass is 9.95. The summed E-state index contributed by atoms with van der Waals surface area (Å²) in [6.45, 7) is 5.10. The van der Waals surface area contributed by atoms with Crippen LogP contribution in [0.5, 0.6) is 17.2 Å². The maximum atomic E-state index is 11.9. The van der Waals surface area contributed by atoms with E-state index in [1.807, 2.05) is 67.4 Å². The lowest BCUT2D eigenvalue weighted by molar-refractivity contribution is -0.0212. The van der Waals surface area contributed by atoms with E-state index >= 15 is 0 Å². The molecule has 0 saturated heterocycles. The van der Waals surface area contributed by atoms with Gasteiger partial charge in [-0.05, 0) is 61.9 Å². The third-order valence-corrected chi connectivity index (χ3v) is 6.20. The number of fused-ring (bicyclic) bond motifs is 3. The number of hydrazone groups is 1. The first-order chi connectivity index (χ1) is 17.1. The van der Waals surface area contributed by atoms with Gasteiger partial charge >= 0.3 is 5.97 Å². The predicted molar refractivity (Wildman–Crippen MR) is 132 cm³/mol. The van der Waals surface area contributed by atoms with Crippen LogP contribution in [0.1, 0.15) is 59.6 Å². The fraction of sp³-hybridized carbons (Fsp3) is 0.286. The van der Waals surface area contributed by atoms with Crippen LogP contribution in [0.15, 0.2) is 71.8 Å². The second-order valence-corrected chi connectivity index (χ2v) is 8.30. The van der Waals surface area contributed by atoms with Gasteiger partial charge in [-0.1, -0.05) is 24.3 Å². The van der Waals surface area contributed by atoms with Gasteiger partial charge in [-0.2, -0.15) is 5.10 Å². The zero-order chi connectivity index (χ0) is 24.4. The maximum absolute atomic E-state index is 11.9. The Morgan fingerprint density at radius 1 is 1.00 bits per heavy atom. The maximum Gasteiger partial charge on any atom is 0.337 e. The third-order valence-electron chi connectivity index (χ3n) is 6.20. The van der Waals surface area contributed by atoms with Gasteiger partial charge in [0.05, 0.1) is 37.6 Å². The molecule has 180 valence electrons. The number of para-hydroxylation sites is 1. The molecule has 2 aliphatic heterocycles. The Morgan fingerprint density at radius 2 is 1.74 bits per heavy atom. The SMILES string of the molecule is CCOc1ccc(C2=NN3[C@H](C2)c2cccc(OCC)c2O[C@@H]3c2ccc(C(=O)OC)cc2)cc1. The first-order valence-electron chi connectivity index (χ1n) is 11.8. The number of carbonyl (C=O) groups excluding carboxylic acids is 1. The molecule has 0 unspecified atom stereocenters. The Labute approximate surface area is 204 Å². The highest BCUT2D eigenvalue weighted by Gasteiger charge is 2.42. The smallest absolute Gasteiger partial charge is 0.337 e. The Bertz CT molecular complexity index is 1240. The van der Waals surface area contributed by atoms with E-state index in [9.17, 15) is 4.79 Å². The predicted octanol–water partition coefficient (Wildman–Crippen LogP) is 5.51. The van der Waals surface area contributed by atoms with Gasteiger partial charge < -0.3 is 18.9 Å². The first-order valence-corrected chi connectivity index (χ1v) is 11.8. The Morgan fingerprint density at radius 3 is 2.43 bits per heavy atom. The number of esters is 1. The molecule has 0 aromatic heterocycles. The summed E-state index contributed by atoms with van der Waals surface area (Å²) in [5.41, 5.74) is 4.44. The molecule has 2 aliphatic rings. The minimum atomic E-state index is -0.471. The average molecular weight is 473 g/mol. The minimum Gasteiger partial charge on any atom is -0.494 e. The fourth-order valence-corrected chi connectivity index (χ4v) is 4.56. The zero-order valence-corrected chi connectivity index (χ0v) is 20.1. The molecule has 3 aromatic carbocycles. The number of rotatable bonds is 7. The molecule has 0 N–H and O–H groups in total. The van der Waals surface area contributed by atoms with E-state index in [0.717, 1.165) is 46.1 Å². The molecule has 7 nitrogen and oxygen atoms in total. The quantitative estimate of drug-likeness (QED) is 0.422. The molecule has 2 heterocycles. The van der Waals surface area contributed by atoms with Crippen LogP contribution in [0, 0.1) is 0 Å². The van der Waals surface area contributed by atoms with Crippen molar-refractivity contribution in [1.82, 2.24) is 5.01 Å². The molecule has 5 rings (SSSR count). The van der Waals surface area contributed by atoms with E-state index in [0.29, 0.717) is 18.8 Å². The van der Waals surface area contributed by atoms with Crippen molar-refractivity contribution in [2.45, 2.75) is 32.5 Å². The van der Waals surface area contributed by atoms with Gasteiger partial charge in [-0.3, -0.25) is 0 Å². The van der Waals surface area contributed by atoms with E-state index in [4.69, 9.17) is 24.0 Å². The highest BCUT2D eigenvalue weighted by atomic mass is 16.5. The second kappa shape index (κ2) is 9.70. The molecule has 0 aliphatic carbocycles. The van der Waals surface area contributed by atoms with Gasteiger partial charge in [0.1, 0.15) is 5.75 Å². The van der Waals surface area contributed by atoms with E-state index in [2.05, 4.69) is 6.07 Å². The molecule has 2 atom stereocenters. The van der Waals surface area contributed by atoms with Gasteiger partial charge in [0.15, 0.2) is 11.5 Å². The number of nitrogens with zero attached hydrogens (tertiary/aromatic N) is 2. The highest BCUT2D eigenvalue weighted by Crippen LogP contribution is 2.50. The number of hydrogen-bond acceptors (Lipinski definition) is 7. The van der Waals surface area contributed by atoms with Crippen LogP contribution >= 0.6 is 0 Å². The van der Waals surface area contributed by atoms with Crippen LogP contribution in [0.3, 0.4) is 0 Å². The summed E-state index contributed by atoms with van der Waals surface area (Å²) in [7, 11) is 1.37. The summed E-state index contributed by atoms with van der Waals surface area (Å²) < 4.78 is 22.9. The number of benzene rings is 3. The van der Waals surface area contributed by atoms with Crippen LogP contribution in [0.4, 0.5) is 0 Å². The van der Waals surface area contributed by atoms with Crippen molar-refractivity contribution in [2.24, 2.45) is 5.10 Å². The molecule has 0 amide bonds. The van der Waals surface area contributed by atoms with Crippen LogP contribution in [0.25, 0.3) is 0 Å². The molecule has 0 bridgehead atoms. The van der Waals surface area contributed by atoms with Crippen molar-refractivity contribution in [2.75, 3.05) is 20.3 Å². The lowest BCUT2D eigenvalue weighted by Crippen LogP contribution is -2.34. The highest BCUT2D eigenvalue weighted by molar-refractivity contribution is 6.02. The number of hydrogen-bond donors (Lipinski definition) is 0. The molecular weight excluding hydrogens is 444 g/mol. The lowest BCUT2D eigenvalue weighted by Gasteiger charge is -2.38. The van der Waals surface area contributed by atoms with Gasteiger partial charge in [0.2, 0.25) is 6.23 Å². The van der Waals surface area contributed by atoms with E-state index in [1.165, 1.54) is 7.11 Å². The normalized spacial score (nSPS) is 18.1. The van der Waals surface area contributed by atoms with Crippen molar-refractivity contribution < 1.29 is 23.7 Å². The van der Waals surface area contributed by atoms with Gasteiger partial charge in [0, 0.05) is 17.5 Å². The van der Waals surface area contributed by atoms with E-state index in [-0.39, 0.29) is 12.0 Å². The van der Waals surface area contributed by atoms with Gasteiger partial charge in [-0.15, -0.1) is 0 Å². The van der Waals surface area contributed by atoms with E-state index in [1.54, 1.807) is 12.1 Å². The van der Waals surface area contributed by atoms with Crippen LogP contribution in [-0.2, 0) is 4.74 Å². The van der Waals surface area contributed by atoms with Crippen molar-refractivity contribution in [1.29, 1.82) is 0 Å². The zero-order valence-electron chi connectivity index (χ0n) is 20.1. The summed E-state index contributed by atoms with van der Waals surface area (Å²) in [5.74, 6) is 1.92. The Hall–Kier alpha value is -4.00. The van der Waals surface area contributed by atoms with Crippen molar-refractivity contribution in [3.8, 4) is 17.2 Å². The van der Waals surface area contributed by atoms with Gasteiger partial charge in [0.25, 0.3) is 0 Å². The fourth-order valence-electron chi connectivity index (χ4n) is 4.56. The molecule has 0 fully saturated rings. The molecule has 7 heteroatoms. The minimum absolute atomic E-state index is 0.00833. The van der Waals surface area contributed by atoms with Crippen LogP contribution in [0.2, 0.25) is 0 Å². The molecule has 0 spiro atoms. The molecular formula is C28H28N2O5. The Balaban J connectivity index is 1.54. The summed E-state index contributed by atoms with van der Waals surface area (Å²) in [5, 5.41) is 7.02. The standard InChI is InChI=1S/C28H28N2O5/c1-4-33-21-15-13-18(14-16-21)23-17-24-22-7-6-8-25(34-5-2)26(22)35-27(30(24)29-23)19-9-11-20(12-10-19)28(31)32-3/h6-16,24,27H,4-5,17H2,1-3H3/t24-,27-/m1/s1. The Kier molecular flexibility index (Phi) is 6.31. The summed E-state index contributed by atoms with van der Waals surface area (Å²) in [6.07, 6.45) is 0.262. The van der Waals surface area contributed by atoms with Crippen molar-refractivity contribution in [3.63, 3.8) is 0 Å². The largest absolute Gasteiger partial charge is 0.494 e. The summed E-state index contributed by atoms with van der Waals surface area (Å²) >= 11 is 0. The number of ether oxygens (including phenoxy) is 4. The van der Waals surface area contributed by atoms with E-state index < -0.39 is 6.23 Å². The van der Waals surface area contributed by atoms with Crippen molar-refractivity contribution >= 4 is 11.7 Å². The van der Waals surface area contributed by atoms with Crippen LogP contribution < -0.4 is 14.2 Å². The molecule has 0 radical (unpaired) electrons. The average Bonchev–Trinajstić information content (AvgIpc) is 3.35. The molecule has 3 aromatic rings. The third kappa shape index (κ3) is 4.30.